The van der Waals surface area contributed by atoms with Gasteiger partial charge in [-0.2, -0.15) is 0 Å². The predicted molar refractivity (Wildman–Crippen MR) is 55.3 cm³/mol. The van der Waals surface area contributed by atoms with Crippen LogP contribution in [-0.2, 0) is 0 Å². The molecule has 0 aromatic heterocycles. The summed E-state index contributed by atoms with van der Waals surface area (Å²) in [5.74, 6) is 0.920. The zero-order chi connectivity index (χ0) is 8.97. The van der Waals surface area contributed by atoms with Crippen LogP contribution < -0.4 is 5.32 Å². The molecule has 0 saturated heterocycles. The molecule has 0 amide bonds. The van der Waals surface area contributed by atoms with Crippen molar-refractivity contribution < 1.29 is 1.43 Å². The highest BCUT2D eigenvalue weighted by Crippen LogP contribution is 2.20. The van der Waals surface area contributed by atoms with Gasteiger partial charge in [-0.15, -0.1) is 0 Å². The van der Waals surface area contributed by atoms with E-state index in [4.69, 9.17) is 0 Å². The third-order valence-electron chi connectivity index (χ3n) is 2.30. The lowest BCUT2D eigenvalue weighted by atomic mass is 9.99. The molecule has 1 aliphatic rings. The Hall–Kier alpha value is -1.05. The molecule has 68 valence electrons. The first kappa shape index (κ1) is 9.04. The first-order valence-electron chi connectivity index (χ1n) is 4.40. The maximum atomic E-state index is 3.95. The topological polar surface area (TPSA) is 24.4 Å². The van der Waals surface area contributed by atoms with Crippen molar-refractivity contribution in [3.8, 4) is 0 Å². The summed E-state index contributed by atoms with van der Waals surface area (Å²) in [6.07, 6.45) is 5.26. The van der Waals surface area contributed by atoms with Crippen LogP contribution >= 0.6 is 0 Å². The Kier molecular flexibility index (Phi) is 3.09. The summed E-state index contributed by atoms with van der Waals surface area (Å²) < 4.78 is 0. The van der Waals surface area contributed by atoms with Crippen molar-refractivity contribution in [3.05, 3.63) is 24.0 Å². The van der Waals surface area contributed by atoms with E-state index in [0.717, 1.165) is 18.7 Å². The third-order valence-corrected chi connectivity index (χ3v) is 2.30. The van der Waals surface area contributed by atoms with Gasteiger partial charge in [-0.25, -0.2) is 4.99 Å². The lowest BCUT2D eigenvalue weighted by Gasteiger charge is -2.25. The standard InChI is InChI=1S/C10H16N2.H2/c1-4-8-6-7-9(5-2)12-10(8)11-3;/h4,9,12H,1,3,5-7H2,2H3;1H/t9-;/m0./s1. The molecule has 0 aromatic rings. The van der Waals surface area contributed by atoms with Crippen LogP contribution in [0.4, 0.5) is 0 Å². The Bertz CT molecular complexity index is 221. The Morgan fingerprint density at radius 1 is 1.83 bits per heavy atom. The SMILES string of the molecule is C=CC1=C(N=C)N[C@@H](CC)CC1.[HH]. The number of hydrogen-bond donors (Lipinski definition) is 1. The molecule has 1 rings (SSSR count). The van der Waals surface area contributed by atoms with E-state index in [1.807, 2.05) is 6.08 Å². The second-order valence-corrected chi connectivity index (χ2v) is 3.02. The van der Waals surface area contributed by atoms with Gasteiger partial charge in [-0.1, -0.05) is 19.6 Å². The molecule has 0 unspecified atom stereocenters. The molecule has 1 N–H and O–H groups in total. The fraction of sp³-hybridized carbons (Fsp3) is 0.500. The van der Waals surface area contributed by atoms with Gasteiger partial charge in [0.15, 0.2) is 0 Å². The van der Waals surface area contributed by atoms with Crippen molar-refractivity contribution in [2.24, 2.45) is 4.99 Å². The Balaban J connectivity index is 0.00000144. The number of hydrogen-bond acceptors (Lipinski definition) is 2. The second-order valence-electron chi connectivity index (χ2n) is 3.02. The molecule has 0 aromatic carbocycles. The van der Waals surface area contributed by atoms with Crippen LogP contribution in [0.3, 0.4) is 0 Å². The van der Waals surface area contributed by atoms with Gasteiger partial charge < -0.3 is 5.32 Å². The fourth-order valence-electron chi connectivity index (χ4n) is 1.46. The van der Waals surface area contributed by atoms with Gasteiger partial charge >= 0.3 is 0 Å². The van der Waals surface area contributed by atoms with Crippen LogP contribution in [0.15, 0.2) is 29.0 Å². The summed E-state index contributed by atoms with van der Waals surface area (Å²) in [5, 5.41) is 3.33. The number of nitrogens with one attached hydrogen (secondary N) is 1. The van der Waals surface area contributed by atoms with Crippen molar-refractivity contribution in [1.82, 2.24) is 5.32 Å². The molecule has 0 saturated carbocycles. The molecule has 1 aliphatic heterocycles. The summed E-state index contributed by atoms with van der Waals surface area (Å²) in [6, 6.07) is 0.564. The molecule has 2 heteroatoms. The first-order chi connectivity index (χ1) is 5.81. The highest BCUT2D eigenvalue weighted by Gasteiger charge is 2.15. The molecule has 2 nitrogen and oxygen atoms in total. The first-order valence-corrected chi connectivity index (χ1v) is 4.40. The van der Waals surface area contributed by atoms with E-state index in [2.05, 4.69) is 30.5 Å². The van der Waals surface area contributed by atoms with Gasteiger partial charge in [-0.3, -0.25) is 0 Å². The predicted octanol–water partition coefficient (Wildman–Crippen LogP) is 2.49. The fourth-order valence-corrected chi connectivity index (χ4v) is 1.46. The lowest BCUT2D eigenvalue weighted by molar-refractivity contribution is 0.481. The summed E-state index contributed by atoms with van der Waals surface area (Å²) in [5.41, 5.74) is 1.19. The summed E-state index contributed by atoms with van der Waals surface area (Å²) >= 11 is 0. The van der Waals surface area contributed by atoms with Crippen LogP contribution in [0.25, 0.3) is 0 Å². The van der Waals surface area contributed by atoms with Crippen LogP contribution in [-0.4, -0.2) is 12.8 Å². The highest BCUT2D eigenvalue weighted by molar-refractivity contribution is 5.34. The Labute approximate surface area is 75.6 Å². The van der Waals surface area contributed by atoms with E-state index in [0.29, 0.717) is 6.04 Å². The van der Waals surface area contributed by atoms with E-state index in [1.54, 1.807) is 0 Å². The zero-order valence-electron chi connectivity index (χ0n) is 7.64. The Morgan fingerprint density at radius 3 is 3.08 bits per heavy atom. The summed E-state index contributed by atoms with van der Waals surface area (Å²) in [4.78, 5) is 3.95. The molecule has 0 radical (unpaired) electrons. The highest BCUT2D eigenvalue weighted by atomic mass is 15.1. The largest absolute Gasteiger partial charge is 0.367 e. The van der Waals surface area contributed by atoms with Crippen LogP contribution in [0.2, 0.25) is 0 Å². The zero-order valence-corrected chi connectivity index (χ0v) is 7.64. The van der Waals surface area contributed by atoms with Gasteiger partial charge in [0.25, 0.3) is 0 Å². The molecule has 1 atom stereocenters. The molecular weight excluding hydrogens is 148 g/mol. The van der Waals surface area contributed by atoms with Crippen molar-refractivity contribution in [3.63, 3.8) is 0 Å². The molecule has 0 aliphatic carbocycles. The maximum Gasteiger partial charge on any atom is 0.128 e. The minimum absolute atomic E-state index is 0. The molecule has 0 fully saturated rings. The molecular formula is C10H18N2. The van der Waals surface area contributed by atoms with E-state index >= 15 is 0 Å². The maximum absolute atomic E-state index is 3.95. The summed E-state index contributed by atoms with van der Waals surface area (Å²) in [7, 11) is 0. The minimum Gasteiger partial charge on any atom is -0.367 e. The monoisotopic (exact) mass is 166 g/mol. The number of nitrogens with zero attached hydrogens (tertiary/aromatic N) is 1. The lowest BCUT2D eigenvalue weighted by Crippen LogP contribution is -2.31. The normalized spacial score (nSPS) is 23.2. The van der Waals surface area contributed by atoms with E-state index in [-0.39, 0.29) is 1.43 Å². The van der Waals surface area contributed by atoms with E-state index in [1.165, 1.54) is 12.0 Å². The van der Waals surface area contributed by atoms with Crippen molar-refractivity contribution in [1.29, 1.82) is 0 Å². The average molecular weight is 166 g/mol. The van der Waals surface area contributed by atoms with Crippen LogP contribution in [0.1, 0.15) is 27.6 Å². The molecule has 1 heterocycles. The summed E-state index contributed by atoms with van der Waals surface area (Å²) in [6.45, 7) is 9.46. The van der Waals surface area contributed by atoms with Crippen molar-refractivity contribution in [2.45, 2.75) is 32.2 Å². The van der Waals surface area contributed by atoms with Gasteiger partial charge in [-0.05, 0) is 31.6 Å². The molecule has 12 heavy (non-hydrogen) atoms. The third kappa shape index (κ3) is 1.76. The van der Waals surface area contributed by atoms with Crippen LogP contribution in [0.5, 0.6) is 0 Å². The Morgan fingerprint density at radius 2 is 2.58 bits per heavy atom. The number of rotatable bonds is 3. The number of allylic oxidation sites excluding steroid dienone is 2. The van der Waals surface area contributed by atoms with Gasteiger partial charge in [0.2, 0.25) is 0 Å². The quantitative estimate of drug-likeness (QED) is 0.640. The van der Waals surface area contributed by atoms with E-state index in [9.17, 15) is 0 Å². The average Bonchev–Trinajstić information content (AvgIpc) is 2.16. The van der Waals surface area contributed by atoms with Gasteiger partial charge in [0, 0.05) is 7.47 Å². The smallest absolute Gasteiger partial charge is 0.128 e. The molecule has 0 spiro atoms. The molecule has 0 bridgehead atoms. The minimum atomic E-state index is 0. The van der Waals surface area contributed by atoms with Crippen molar-refractivity contribution in [2.75, 3.05) is 0 Å². The van der Waals surface area contributed by atoms with Crippen LogP contribution in [0, 0.1) is 0 Å². The van der Waals surface area contributed by atoms with E-state index < -0.39 is 0 Å². The van der Waals surface area contributed by atoms with Gasteiger partial charge in [0.05, 0.1) is 0 Å². The van der Waals surface area contributed by atoms with Gasteiger partial charge in [0.1, 0.15) is 5.82 Å². The number of aliphatic imine (C=N–C) groups is 1. The second kappa shape index (κ2) is 4.10. The van der Waals surface area contributed by atoms with Crippen molar-refractivity contribution >= 4 is 6.72 Å².